The molecule has 0 saturated carbocycles. The molecule has 0 aliphatic rings. The van der Waals surface area contributed by atoms with Crippen LogP contribution >= 0.6 is 0 Å². The van der Waals surface area contributed by atoms with Crippen molar-refractivity contribution in [3.63, 3.8) is 0 Å². The van der Waals surface area contributed by atoms with Crippen molar-refractivity contribution in [1.29, 1.82) is 0 Å². The van der Waals surface area contributed by atoms with Gasteiger partial charge in [0.1, 0.15) is 17.7 Å². The number of nitrogens with zero attached hydrogens (tertiary/aromatic N) is 1. The van der Waals surface area contributed by atoms with Gasteiger partial charge in [0.05, 0.1) is 11.9 Å². The molecule has 3 nitrogen and oxygen atoms in total. The second kappa shape index (κ2) is 4.94. The molecule has 0 saturated heterocycles. The highest BCUT2D eigenvalue weighted by Gasteiger charge is 2.04. The summed E-state index contributed by atoms with van der Waals surface area (Å²) in [6, 6.07) is 14.0. The minimum atomic E-state index is -0.292. The van der Waals surface area contributed by atoms with Crippen LogP contribution in [0.25, 0.3) is 11.0 Å². The van der Waals surface area contributed by atoms with E-state index in [-0.39, 0.29) is 5.82 Å². The largest absolute Gasteiger partial charge is 0.464 e. The van der Waals surface area contributed by atoms with E-state index in [1.807, 2.05) is 30.3 Å². The third kappa shape index (κ3) is 2.47. The number of fused-ring (bicyclic) bond motifs is 1. The Bertz CT molecular complexity index is 719. The normalized spacial score (nSPS) is 11.2. The van der Waals surface area contributed by atoms with E-state index in [0.29, 0.717) is 11.0 Å². The lowest BCUT2D eigenvalue weighted by atomic mass is 10.2. The van der Waals surface area contributed by atoms with E-state index < -0.39 is 0 Å². The van der Waals surface area contributed by atoms with E-state index in [1.54, 1.807) is 18.5 Å². The summed E-state index contributed by atoms with van der Waals surface area (Å²) in [5.74, 6) is -0.292. The molecule has 94 valence electrons. The average molecular weight is 254 g/mol. The molecule has 1 heterocycles. The van der Waals surface area contributed by atoms with Gasteiger partial charge in [0.15, 0.2) is 0 Å². The SMILES string of the molecule is Fc1ccc2occ(/C=N/Nc3ccccc3)c2c1. The highest BCUT2D eigenvalue weighted by atomic mass is 19.1. The molecule has 0 bridgehead atoms. The maximum absolute atomic E-state index is 13.2. The van der Waals surface area contributed by atoms with Gasteiger partial charge in [-0.25, -0.2) is 4.39 Å². The average Bonchev–Trinajstić information content (AvgIpc) is 2.83. The van der Waals surface area contributed by atoms with Crippen molar-refractivity contribution < 1.29 is 8.81 Å². The molecule has 1 N–H and O–H groups in total. The van der Waals surface area contributed by atoms with E-state index in [9.17, 15) is 4.39 Å². The monoisotopic (exact) mass is 254 g/mol. The molecule has 0 aliphatic carbocycles. The number of hydrazone groups is 1. The van der Waals surface area contributed by atoms with Gasteiger partial charge in [-0.15, -0.1) is 0 Å². The maximum Gasteiger partial charge on any atom is 0.134 e. The first kappa shape index (κ1) is 11.5. The van der Waals surface area contributed by atoms with Crippen molar-refractivity contribution in [1.82, 2.24) is 0 Å². The lowest BCUT2D eigenvalue weighted by Gasteiger charge is -1.97. The summed E-state index contributed by atoms with van der Waals surface area (Å²) in [5.41, 5.74) is 5.16. The first-order valence-electron chi connectivity index (χ1n) is 5.84. The highest BCUT2D eigenvalue weighted by Crippen LogP contribution is 2.20. The van der Waals surface area contributed by atoms with Crippen molar-refractivity contribution >= 4 is 22.9 Å². The van der Waals surface area contributed by atoms with Gasteiger partial charge in [-0.1, -0.05) is 18.2 Å². The standard InChI is InChI=1S/C15H11FN2O/c16-12-6-7-15-14(8-12)11(10-19-15)9-17-18-13-4-2-1-3-5-13/h1-10,18H/b17-9+. The van der Waals surface area contributed by atoms with Gasteiger partial charge in [-0.2, -0.15) is 5.10 Å². The number of halogens is 1. The zero-order chi connectivity index (χ0) is 13.1. The van der Waals surface area contributed by atoms with Gasteiger partial charge in [-0.05, 0) is 30.3 Å². The molecule has 0 radical (unpaired) electrons. The second-order valence-electron chi connectivity index (χ2n) is 4.07. The Balaban J connectivity index is 1.83. The summed E-state index contributed by atoms with van der Waals surface area (Å²) in [5, 5.41) is 4.81. The van der Waals surface area contributed by atoms with Crippen LogP contribution in [0.1, 0.15) is 5.56 Å². The molecule has 19 heavy (non-hydrogen) atoms. The summed E-state index contributed by atoms with van der Waals surface area (Å²) >= 11 is 0. The molecule has 0 spiro atoms. The Kier molecular flexibility index (Phi) is 2.98. The number of rotatable bonds is 3. The van der Waals surface area contributed by atoms with Crippen LogP contribution in [0.3, 0.4) is 0 Å². The summed E-state index contributed by atoms with van der Waals surface area (Å²) in [4.78, 5) is 0. The molecule has 0 fully saturated rings. The van der Waals surface area contributed by atoms with Crippen LogP contribution in [0.2, 0.25) is 0 Å². The van der Waals surface area contributed by atoms with Crippen LogP contribution in [-0.4, -0.2) is 6.21 Å². The van der Waals surface area contributed by atoms with Crippen molar-refractivity contribution in [2.45, 2.75) is 0 Å². The minimum absolute atomic E-state index is 0.292. The molecule has 2 aromatic carbocycles. The Morgan fingerprint density at radius 3 is 2.79 bits per heavy atom. The van der Waals surface area contributed by atoms with Crippen LogP contribution in [0, 0.1) is 5.82 Å². The van der Waals surface area contributed by atoms with Gasteiger partial charge >= 0.3 is 0 Å². The van der Waals surface area contributed by atoms with Crippen LogP contribution in [0.4, 0.5) is 10.1 Å². The fourth-order valence-corrected chi connectivity index (χ4v) is 1.81. The number of benzene rings is 2. The molecule has 3 rings (SSSR count). The van der Waals surface area contributed by atoms with E-state index in [4.69, 9.17) is 4.42 Å². The molecule has 0 unspecified atom stereocenters. The third-order valence-corrected chi connectivity index (χ3v) is 2.74. The van der Waals surface area contributed by atoms with Gasteiger partial charge in [-0.3, -0.25) is 5.43 Å². The second-order valence-corrected chi connectivity index (χ2v) is 4.07. The fraction of sp³-hybridized carbons (Fsp3) is 0. The van der Waals surface area contributed by atoms with Crippen LogP contribution in [-0.2, 0) is 0 Å². The van der Waals surface area contributed by atoms with Crippen LogP contribution < -0.4 is 5.43 Å². The van der Waals surface area contributed by atoms with Gasteiger partial charge in [0.25, 0.3) is 0 Å². The molecular weight excluding hydrogens is 243 g/mol. The Morgan fingerprint density at radius 2 is 1.95 bits per heavy atom. The van der Waals surface area contributed by atoms with E-state index >= 15 is 0 Å². The van der Waals surface area contributed by atoms with Crippen molar-refractivity contribution in [2.75, 3.05) is 5.43 Å². The summed E-state index contributed by atoms with van der Waals surface area (Å²) < 4.78 is 18.5. The molecule has 0 aliphatic heterocycles. The summed E-state index contributed by atoms with van der Waals surface area (Å²) in [6.45, 7) is 0. The first-order valence-corrected chi connectivity index (χ1v) is 5.84. The summed E-state index contributed by atoms with van der Waals surface area (Å²) in [6.07, 6.45) is 3.17. The van der Waals surface area contributed by atoms with Crippen molar-refractivity contribution in [3.8, 4) is 0 Å². The zero-order valence-corrected chi connectivity index (χ0v) is 10.0. The topological polar surface area (TPSA) is 37.5 Å². The van der Waals surface area contributed by atoms with Crippen molar-refractivity contribution in [3.05, 3.63) is 66.2 Å². The lowest BCUT2D eigenvalue weighted by molar-refractivity contribution is 0.609. The Morgan fingerprint density at radius 1 is 1.11 bits per heavy atom. The predicted octanol–water partition coefficient (Wildman–Crippen LogP) is 4.02. The predicted molar refractivity (Wildman–Crippen MR) is 73.8 cm³/mol. The van der Waals surface area contributed by atoms with Gasteiger partial charge in [0.2, 0.25) is 0 Å². The quantitative estimate of drug-likeness (QED) is 0.566. The smallest absolute Gasteiger partial charge is 0.134 e. The molecule has 3 aromatic rings. The Hall–Kier alpha value is -2.62. The van der Waals surface area contributed by atoms with Gasteiger partial charge in [0, 0.05) is 10.9 Å². The van der Waals surface area contributed by atoms with Crippen molar-refractivity contribution in [2.24, 2.45) is 5.10 Å². The van der Waals surface area contributed by atoms with E-state index in [2.05, 4.69) is 10.5 Å². The molecule has 1 aromatic heterocycles. The molecule has 4 heteroatoms. The lowest BCUT2D eigenvalue weighted by Crippen LogP contribution is -1.89. The highest BCUT2D eigenvalue weighted by molar-refractivity contribution is 5.97. The van der Waals surface area contributed by atoms with Crippen LogP contribution in [0.15, 0.2) is 64.3 Å². The number of furan rings is 1. The third-order valence-electron chi connectivity index (χ3n) is 2.74. The summed E-state index contributed by atoms with van der Waals surface area (Å²) in [7, 11) is 0. The number of hydrogen-bond donors (Lipinski definition) is 1. The van der Waals surface area contributed by atoms with Crippen LogP contribution in [0.5, 0.6) is 0 Å². The molecule has 0 amide bonds. The molecular formula is C15H11FN2O. The van der Waals surface area contributed by atoms with Gasteiger partial charge < -0.3 is 4.42 Å². The Labute approximate surface area is 109 Å². The minimum Gasteiger partial charge on any atom is -0.464 e. The fourth-order valence-electron chi connectivity index (χ4n) is 1.81. The maximum atomic E-state index is 13.2. The zero-order valence-electron chi connectivity index (χ0n) is 10.0. The number of anilines is 1. The van der Waals surface area contributed by atoms with E-state index in [0.717, 1.165) is 11.3 Å². The molecule has 0 atom stereocenters. The number of nitrogens with one attached hydrogen (secondary N) is 1. The van der Waals surface area contributed by atoms with E-state index in [1.165, 1.54) is 12.1 Å². The number of para-hydroxylation sites is 1. The first-order chi connectivity index (χ1) is 9.33. The number of hydrogen-bond acceptors (Lipinski definition) is 3.